The van der Waals surface area contributed by atoms with E-state index in [2.05, 4.69) is 10.2 Å². The number of rotatable bonds is 4. The van der Waals surface area contributed by atoms with Crippen LogP contribution in [0.5, 0.6) is 0 Å². The van der Waals surface area contributed by atoms with E-state index in [1.54, 1.807) is 12.1 Å². The fourth-order valence-electron chi connectivity index (χ4n) is 2.97. The highest BCUT2D eigenvalue weighted by molar-refractivity contribution is 5.94. The van der Waals surface area contributed by atoms with E-state index in [1.165, 1.54) is 18.9 Å². The van der Waals surface area contributed by atoms with Crippen LogP contribution >= 0.6 is 0 Å². The zero-order valence-electron chi connectivity index (χ0n) is 12.5. The van der Waals surface area contributed by atoms with Gasteiger partial charge in [-0.2, -0.15) is 0 Å². The topological polar surface area (TPSA) is 32.3 Å². The lowest BCUT2D eigenvalue weighted by molar-refractivity contribution is 0.0896. The van der Waals surface area contributed by atoms with Gasteiger partial charge in [0.15, 0.2) is 0 Å². The van der Waals surface area contributed by atoms with E-state index in [0.29, 0.717) is 6.54 Å². The standard InChI is InChI=1S/C16H23FN2O/c1-12-6-7-14(17)13(10-12)15(20)18-11-16(19(2)3)8-4-5-9-16/h6-7,10H,4-5,8-9,11H2,1-3H3,(H,18,20). The second-order valence-electron chi connectivity index (χ2n) is 5.99. The van der Waals surface area contributed by atoms with Crippen LogP contribution in [0.25, 0.3) is 0 Å². The molecule has 1 aliphatic carbocycles. The fraction of sp³-hybridized carbons (Fsp3) is 0.562. The maximum Gasteiger partial charge on any atom is 0.254 e. The minimum absolute atomic E-state index is 0.0238. The number of nitrogens with one attached hydrogen (secondary N) is 1. The number of benzene rings is 1. The third-order valence-corrected chi connectivity index (χ3v) is 4.43. The summed E-state index contributed by atoms with van der Waals surface area (Å²) in [5.41, 5.74) is 1.05. The lowest BCUT2D eigenvalue weighted by Crippen LogP contribution is -2.50. The number of nitrogens with zero attached hydrogens (tertiary/aromatic N) is 1. The van der Waals surface area contributed by atoms with E-state index in [0.717, 1.165) is 18.4 Å². The van der Waals surface area contributed by atoms with Gasteiger partial charge in [0, 0.05) is 12.1 Å². The molecule has 1 aromatic carbocycles. The normalized spacial score (nSPS) is 17.4. The predicted octanol–water partition coefficient (Wildman–Crippen LogP) is 2.74. The molecule has 0 radical (unpaired) electrons. The molecule has 3 nitrogen and oxygen atoms in total. The first kappa shape index (κ1) is 15.0. The Labute approximate surface area is 120 Å². The summed E-state index contributed by atoms with van der Waals surface area (Å²) in [5, 5.41) is 2.91. The number of carbonyl (C=O) groups excluding carboxylic acids is 1. The summed E-state index contributed by atoms with van der Waals surface area (Å²) in [5.74, 6) is -0.780. The molecule has 1 aromatic rings. The molecule has 0 aliphatic heterocycles. The summed E-state index contributed by atoms with van der Waals surface area (Å²) in [6.07, 6.45) is 4.53. The molecule has 1 N–H and O–H groups in total. The van der Waals surface area contributed by atoms with Crippen LogP contribution < -0.4 is 5.32 Å². The molecule has 2 rings (SSSR count). The smallest absolute Gasteiger partial charge is 0.254 e. The lowest BCUT2D eigenvalue weighted by Gasteiger charge is -2.36. The summed E-state index contributed by atoms with van der Waals surface area (Å²) < 4.78 is 13.7. The van der Waals surface area contributed by atoms with Crippen LogP contribution in [0.2, 0.25) is 0 Å². The Hall–Kier alpha value is -1.42. The van der Waals surface area contributed by atoms with Crippen molar-refractivity contribution in [3.05, 3.63) is 35.1 Å². The lowest BCUT2D eigenvalue weighted by atomic mass is 9.96. The van der Waals surface area contributed by atoms with E-state index in [9.17, 15) is 9.18 Å². The number of likely N-dealkylation sites (N-methyl/N-ethyl adjacent to an activating group) is 1. The van der Waals surface area contributed by atoms with Crippen molar-refractivity contribution in [2.75, 3.05) is 20.6 Å². The molecule has 110 valence electrons. The van der Waals surface area contributed by atoms with Crippen molar-refractivity contribution in [2.24, 2.45) is 0 Å². The molecule has 0 bridgehead atoms. The van der Waals surface area contributed by atoms with Gasteiger partial charge in [-0.3, -0.25) is 4.79 Å². The first-order valence-corrected chi connectivity index (χ1v) is 7.16. The first-order valence-electron chi connectivity index (χ1n) is 7.16. The van der Waals surface area contributed by atoms with Crippen molar-refractivity contribution < 1.29 is 9.18 Å². The van der Waals surface area contributed by atoms with Crippen LogP contribution in [0, 0.1) is 12.7 Å². The molecule has 1 aliphatic rings. The van der Waals surface area contributed by atoms with E-state index in [4.69, 9.17) is 0 Å². The minimum atomic E-state index is -0.460. The molecule has 0 unspecified atom stereocenters. The summed E-state index contributed by atoms with van der Waals surface area (Å²) in [6.45, 7) is 2.43. The largest absolute Gasteiger partial charge is 0.350 e. The van der Waals surface area contributed by atoms with Gasteiger partial charge >= 0.3 is 0 Å². The van der Waals surface area contributed by atoms with E-state index in [1.807, 2.05) is 21.0 Å². The average Bonchev–Trinajstić information content (AvgIpc) is 2.89. The average molecular weight is 278 g/mol. The molecule has 0 saturated heterocycles. The number of aryl methyl sites for hydroxylation is 1. The number of hydrogen-bond acceptors (Lipinski definition) is 2. The third kappa shape index (κ3) is 3.01. The van der Waals surface area contributed by atoms with Gasteiger partial charge in [-0.1, -0.05) is 24.5 Å². The Morgan fingerprint density at radius 1 is 1.35 bits per heavy atom. The monoisotopic (exact) mass is 278 g/mol. The maximum absolute atomic E-state index is 13.7. The van der Waals surface area contributed by atoms with Gasteiger partial charge in [-0.05, 0) is 46.0 Å². The third-order valence-electron chi connectivity index (χ3n) is 4.43. The number of carbonyl (C=O) groups is 1. The van der Waals surface area contributed by atoms with Gasteiger partial charge in [0.05, 0.1) is 5.56 Å². The fourth-order valence-corrected chi connectivity index (χ4v) is 2.97. The van der Waals surface area contributed by atoms with E-state index >= 15 is 0 Å². The van der Waals surface area contributed by atoms with Gasteiger partial charge in [0.1, 0.15) is 5.82 Å². The van der Waals surface area contributed by atoms with Crippen molar-refractivity contribution >= 4 is 5.91 Å². The molecule has 20 heavy (non-hydrogen) atoms. The highest BCUT2D eigenvalue weighted by atomic mass is 19.1. The summed E-state index contributed by atoms with van der Waals surface area (Å²) in [4.78, 5) is 14.4. The quantitative estimate of drug-likeness (QED) is 0.918. The number of amides is 1. The van der Waals surface area contributed by atoms with Crippen LogP contribution in [0.3, 0.4) is 0 Å². The molecular weight excluding hydrogens is 255 g/mol. The SMILES string of the molecule is Cc1ccc(F)c(C(=O)NCC2(N(C)C)CCCC2)c1. The van der Waals surface area contributed by atoms with Crippen LogP contribution in [-0.4, -0.2) is 37.0 Å². The minimum Gasteiger partial charge on any atom is -0.350 e. The molecule has 0 atom stereocenters. The second kappa shape index (κ2) is 5.92. The van der Waals surface area contributed by atoms with Gasteiger partial charge in [0.2, 0.25) is 0 Å². The molecule has 1 saturated carbocycles. The highest BCUT2D eigenvalue weighted by Crippen LogP contribution is 2.33. The number of hydrogen-bond donors (Lipinski definition) is 1. The van der Waals surface area contributed by atoms with Crippen LogP contribution in [0.15, 0.2) is 18.2 Å². The Morgan fingerprint density at radius 2 is 2.00 bits per heavy atom. The zero-order valence-corrected chi connectivity index (χ0v) is 12.5. The summed E-state index contributed by atoms with van der Waals surface area (Å²) in [7, 11) is 4.09. The highest BCUT2D eigenvalue weighted by Gasteiger charge is 2.36. The van der Waals surface area contributed by atoms with Crippen molar-refractivity contribution in [3.8, 4) is 0 Å². The molecule has 4 heteroatoms. The summed E-state index contributed by atoms with van der Waals surface area (Å²) >= 11 is 0. The Balaban J connectivity index is 2.06. The van der Waals surface area contributed by atoms with Gasteiger partial charge in [-0.15, -0.1) is 0 Å². The van der Waals surface area contributed by atoms with Crippen LogP contribution in [0.4, 0.5) is 4.39 Å². The molecule has 1 fully saturated rings. The Morgan fingerprint density at radius 3 is 2.60 bits per heavy atom. The number of halogens is 1. The first-order chi connectivity index (χ1) is 9.44. The van der Waals surface area contributed by atoms with Crippen LogP contribution in [0.1, 0.15) is 41.6 Å². The molecule has 0 spiro atoms. The Kier molecular flexibility index (Phi) is 4.43. The van der Waals surface area contributed by atoms with Crippen molar-refractivity contribution in [1.29, 1.82) is 0 Å². The second-order valence-corrected chi connectivity index (χ2v) is 5.99. The Bertz CT molecular complexity index is 493. The van der Waals surface area contributed by atoms with E-state index < -0.39 is 5.82 Å². The molecule has 0 heterocycles. The van der Waals surface area contributed by atoms with Gasteiger partial charge in [-0.25, -0.2) is 4.39 Å². The maximum atomic E-state index is 13.7. The zero-order chi connectivity index (χ0) is 14.8. The molecule has 0 aromatic heterocycles. The van der Waals surface area contributed by atoms with Crippen LogP contribution in [-0.2, 0) is 0 Å². The molecular formula is C16H23FN2O. The summed E-state index contributed by atoms with van der Waals surface area (Å²) in [6, 6.07) is 4.62. The van der Waals surface area contributed by atoms with E-state index in [-0.39, 0.29) is 17.0 Å². The van der Waals surface area contributed by atoms with Crippen molar-refractivity contribution in [3.63, 3.8) is 0 Å². The van der Waals surface area contributed by atoms with Crippen molar-refractivity contribution in [2.45, 2.75) is 38.1 Å². The molecule has 1 amide bonds. The van der Waals surface area contributed by atoms with Crippen molar-refractivity contribution in [1.82, 2.24) is 10.2 Å². The predicted molar refractivity (Wildman–Crippen MR) is 78.4 cm³/mol. The van der Waals surface area contributed by atoms with Gasteiger partial charge in [0.25, 0.3) is 5.91 Å². The van der Waals surface area contributed by atoms with Gasteiger partial charge < -0.3 is 10.2 Å².